The average Bonchev–Trinajstić information content (AvgIpc) is 2.84. The van der Waals surface area contributed by atoms with E-state index in [4.69, 9.17) is 5.26 Å². The summed E-state index contributed by atoms with van der Waals surface area (Å²) in [7, 11) is 0. The van der Waals surface area contributed by atoms with Crippen molar-refractivity contribution in [3.63, 3.8) is 0 Å². The van der Waals surface area contributed by atoms with E-state index >= 15 is 0 Å². The molecule has 5 heteroatoms. The Labute approximate surface area is 98.1 Å². The van der Waals surface area contributed by atoms with Gasteiger partial charge in [-0.15, -0.1) is 0 Å². The number of benzene rings is 1. The number of nitrogens with one attached hydrogen (secondary N) is 2. The number of amides is 1. The quantitative estimate of drug-likeness (QED) is 0.838. The molecule has 1 amide bonds. The Morgan fingerprint density at radius 2 is 2.18 bits per heavy atom. The zero-order valence-corrected chi connectivity index (χ0v) is 8.97. The Bertz CT molecular complexity index is 537. The molecule has 0 aliphatic heterocycles. The fourth-order valence-electron chi connectivity index (χ4n) is 1.42. The number of carbonyl (C=O) groups is 1. The second kappa shape index (κ2) is 4.94. The summed E-state index contributed by atoms with van der Waals surface area (Å²) in [6, 6.07) is 9.10. The van der Waals surface area contributed by atoms with Crippen LogP contribution in [0.25, 0.3) is 11.3 Å². The minimum Gasteiger partial charge on any atom is -0.345 e. The molecule has 0 aliphatic rings. The zero-order chi connectivity index (χ0) is 12.1. The van der Waals surface area contributed by atoms with Gasteiger partial charge in [0.1, 0.15) is 6.42 Å². The Hall–Kier alpha value is -2.61. The van der Waals surface area contributed by atoms with Crippen LogP contribution in [0.2, 0.25) is 0 Å². The lowest BCUT2D eigenvalue weighted by Gasteiger charge is -2.03. The van der Waals surface area contributed by atoms with Gasteiger partial charge in [0.2, 0.25) is 5.91 Å². The molecule has 1 heterocycles. The number of aromatic nitrogens is 2. The molecule has 2 rings (SSSR count). The molecule has 0 radical (unpaired) electrons. The Morgan fingerprint density at radius 3 is 2.76 bits per heavy atom. The van der Waals surface area contributed by atoms with Gasteiger partial charge in [-0.2, -0.15) is 5.26 Å². The first-order valence-corrected chi connectivity index (χ1v) is 5.05. The molecule has 0 unspecified atom stereocenters. The summed E-state index contributed by atoms with van der Waals surface area (Å²) in [6.45, 7) is 0. The van der Waals surface area contributed by atoms with Crippen molar-refractivity contribution in [1.82, 2.24) is 9.97 Å². The van der Waals surface area contributed by atoms with Crippen molar-refractivity contribution in [2.75, 3.05) is 5.32 Å². The summed E-state index contributed by atoms with van der Waals surface area (Å²) >= 11 is 0. The van der Waals surface area contributed by atoms with E-state index in [0.29, 0.717) is 5.69 Å². The molecule has 0 aliphatic carbocycles. The molecule has 0 saturated heterocycles. The van der Waals surface area contributed by atoms with Crippen molar-refractivity contribution in [3.05, 3.63) is 36.8 Å². The maximum atomic E-state index is 11.2. The third kappa shape index (κ3) is 2.69. The number of nitriles is 1. The molecule has 2 N–H and O–H groups in total. The number of imidazole rings is 1. The second-order valence-corrected chi connectivity index (χ2v) is 3.43. The Kier molecular flexibility index (Phi) is 3.17. The van der Waals surface area contributed by atoms with E-state index in [2.05, 4.69) is 15.3 Å². The van der Waals surface area contributed by atoms with E-state index < -0.39 is 0 Å². The van der Waals surface area contributed by atoms with E-state index in [1.807, 2.05) is 12.1 Å². The highest BCUT2D eigenvalue weighted by molar-refractivity contribution is 5.92. The molecule has 0 saturated carbocycles. The molecule has 2 aromatic rings. The minimum atomic E-state index is -0.304. The number of hydrogen-bond donors (Lipinski definition) is 2. The van der Waals surface area contributed by atoms with Crippen LogP contribution in [0.1, 0.15) is 6.42 Å². The largest absolute Gasteiger partial charge is 0.345 e. The summed E-state index contributed by atoms with van der Waals surface area (Å²) in [6.07, 6.45) is 3.20. The van der Waals surface area contributed by atoms with Gasteiger partial charge in [0, 0.05) is 5.69 Å². The molecule has 84 valence electrons. The molecule has 0 bridgehead atoms. The van der Waals surface area contributed by atoms with Crippen LogP contribution in [0.15, 0.2) is 36.8 Å². The third-order valence-corrected chi connectivity index (χ3v) is 2.22. The third-order valence-electron chi connectivity index (χ3n) is 2.22. The summed E-state index contributed by atoms with van der Waals surface area (Å²) in [5.41, 5.74) is 2.58. The Morgan fingerprint density at radius 1 is 1.41 bits per heavy atom. The van der Waals surface area contributed by atoms with Crippen molar-refractivity contribution >= 4 is 11.6 Å². The molecule has 0 fully saturated rings. The van der Waals surface area contributed by atoms with Crippen molar-refractivity contribution in [1.29, 1.82) is 5.26 Å². The van der Waals surface area contributed by atoms with Crippen LogP contribution in [-0.4, -0.2) is 15.9 Å². The van der Waals surface area contributed by atoms with Crippen molar-refractivity contribution in [3.8, 4) is 17.3 Å². The number of aromatic amines is 1. The topological polar surface area (TPSA) is 81.6 Å². The van der Waals surface area contributed by atoms with Gasteiger partial charge in [0.15, 0.2) is 0 Å². The molecule has 1 aromatic heterocycles. The summed E-state index contributed by atoms with van der Waals surface area (Å²) in [4.78, 5) is 18.1. The van der Waals surface area contributed by atoms with Gasteiger partial charge in [0.25, 0.3) is 0 Å². The lowest BCUT2D eigenvalue weighted by molar-refractivity contribution is -0.115. The summed E-state index contributed by atoms with van der Waals surface area (Å²) in [5, 5.41) is 11.0. The van der Waals surface area contributed by atoms with Gasteiger partial charge in [-0.05, 0) is 17.7 Å². The number of hydrogen-bond acceptors (Lipinski definition) is 3. The normalized spacial score (nSPS) is 9.59. The number of H-pyrrole nitrogens is 1. The molecular formula is C12H10N4O. The second-order valence-electron chi connectivity index (χ2n) is 3.43. The van der Waals surface area contributed by atoms with Crippen molar-refractivity contribution in [2.45, 2.75) is 6.42 Å². The molecule has 0 spiro atoms. The number of anilines is 1. The smallest absolute Gasteiger partial charge is 0.238 e. The monoisotopic (exact) mass is 226 g/mol. The fraction of sp³-hybridized carbons (Fsp3) is 0.0833. The van der Waals surface area contributed by atoms with Gasteiger partial charge < -0.3 is 10.3 Å². The van der Waals surface area contributed by atoms with Crippen molar-refractivity contribution in [2.24, 2.45) is 0 Å². The zero-order valence-electron chi connectivity index (χ0n) is 8.97. The molecule has 0 atom stereocenters. The summed E-state index contributed by atoms with van der Waals surface area (Å²) < 4.78 is 0. The number of rotatable bonds is 3. The molecular weight excluding hydrogens is 216 g/mol. The van der Waals surface area contributed by atoms with Gasteiger partial charge in [0.05, 0.1) is 24.3 Å². The van der Waals surface area contributed by atoms with Crippen LogP contribution >= 0.6 is 0 Å². The highest BCUT2D eigenvalue weighted by Crippen LogP contribution is 2.18. The van der Waals surface area contributed by atoms with E-state index in [1.54, 1.807) is 30.7 Å². The molecule has 5 nitrogen and oxygen atoms in total. The van der Waals surface area contributed by atoms with Crippen LogP contribution in [0.3, 0.4) is 0 Å². The maximum absolute atomic E-state index is 11.2. The Balaban J connectivity index is 2.09. The maximum Gasteiger partial charge on any atom is 0.238 e. The lowest BCUT2D eigenvalue weighted by Crippen LogP contribution is -2.09. The first-order valence-electron chi connectivity index (χ1n) is 5.05. The first-order chi connectivity index (χ1) is 8.29. The average molecular weight is 226 g/mol. The highest BCUT2D eigenvalue weighted by atomic mass is 16.1. The van der Waals surface area contributed by atoms with Crippen molar-refractivity contribution < 1.29 is 4.79 Å². The van der Waals surface area contributed by atoms with E-state index in [9.17, 15) is 4.79 Å². The predicted octanol–water partition coefficient (Wildman–Crippen LogP) is 1.93. The van der Waals surface area contributed by atoms with Crippen LogP contribution in [0.4, 0.5) is 5.69 Å². The summed E-state index contributed by atoms with van der Waals surface area (Å²) in [5.74, 6) is -0.304. The number of carbonyl (C=O) groups excluding carboxylic acids is 1. The van der Waals surface area contributed by atoms with Gasteiger partial charge >= 0.3 is 0 Å². The standard InChI is InChI=1S/C12H10N4O/c13-6-5-12(17)16-10-3-1-9(2-4-10)11-7-14-8-15-11/h1-4,7-8H,5H2,(H,14,15)(H,16,17). The predicted molar refractivity (Wildman–Crippen MR) is 62.9 cm³/mol. The minimum absolute atomic E-state index is 0.137. The van der Waals surface area contributed by atoms with Crippen LogP contribution < -0.4 is 5.32 Å². The SMILES string of the molecule is N#CCC(=O)Nc1ccc(-c2cnc[nH]2)cc1. The lowest BCUT2D eigenvalue weighted by atomic mass is 10.1. The fourth-order valence-corrected chi connectivity index (χ4v) is 1.42. The van der Waals surface area contributed by atoms with Gasteiger partial charge in [-0.1, -0.05) is 12.1 Å². The molecule has 17 heavy (non-hydrogen) atoms. The van der Waals surface area contributed by atoms with E-state index in [1.165, 1.54) is 0 Å². The van der Waals surface area contributed by atoms with Gasteiger partial charge in [-0.25, -0.2) is 4.98 Å². The van der Waals surface area contributed by atoms with Crippen LogP contribution in [0.5, 0.6) is 0 Å². The van der Waals surface area contributed by atoms with Gasteiger partial charge in [-0.3, -0.25) is 4.79 Å². The highest BCUT2D eigenvalue weighted by Gasteiger charge is 2.02. The van der Waals surface area contributed by atoms with Crippen LogP contribution in [-0.2, 0) is 4.79 Å². The van der Waals surface area contributed by atoms with Crippen LogP contribution in [0, 0.1) is 11.3 Å². The molecule has 1 aromatic carbocycles. The van der Waals surface area contributed by atoms with E-state index in [0.717, 1.165) is 11.3 Å². The first kappa shape index (κ1) is 10.9. The number of nitrogens with zero attached hydrogens (tertiary/aromatic N) is 2. The van der Waals surface area contributed by atoms with E-state index in [-0.39, 0.29) is 12.3 Å².